The number of nitrogens with zero attached hydrogens (tertiary/aromatic N) is 3. The van der Waals surface area contributed by atoms with Crippen molar-refractivity contribution in [2.24, 2.45) is 0 Å². The van der Waals surface area contributed by atoms with Gasteiger partial charge in [-0.05, 0) is 11.6 Å². The van der Waals surface area contributed by atoms with Crippen molar-refractivity contribution in [3.8, 4) is 11.5 Å². The van der Waals surface area contributed by atoms with Crippen LogP contribution in [0, 0.1) is 0 Å². The summed E-state index contributed by atoms with van der Waals surface area (Å²) in [5, 5.41) is 4.39. The monoisotopic (exact) mass is 450 g/mol. The van der Waals surface area contributed by atoms with Crippen molar-refractivity contribution in [1.29, 1.82) is 0 Å². The van der Waals surface area contributed by atoms with Gasteiger partial charge in [0.15, 0.2) is 16.7 Å². The lowest BCUT2D eigenvalue weighted by atomic mass is 10.2. The molecule has 0 fully saturated rings. The number of fused-ring (bicyclic) bond motifs is 4. The Morgan fingerprint density at radius 2 is 1.91 bits per heavy atom. The van der Waals surface area contributed by atoms with Gasteiger partial charge < -0.3 is 19.4 Å². The van der Waals surface area contributed by atoms with Gasteiger partial charge in [-0.15, -0.1) is 0 Å². The summed E-state index contributed by atoms with van der Waals surface area (Å²) >= 11 is 1.56. The number of hydrogen-bond donors (Lipinski definition) is 1. The molecule has 32 heavy (non-hydrogen) atoms. The van der Waals surface area contributed by atoms with E-state index in [1.54, 1.807) is 41.2 Å². The second-order valence-electron chi connectivity index (χ2n) is 7.47. The van der Waals surface area contributed by atoms with Crippen LogP contribution in [-0.4, -0.2) is 40.0 Å². The van der Waals surface area contributed by atoms with Gasteiger partial charge in [0, 0.05) is 30.3 Å². The first kappa shape index (κ1) is 20.4. The highest BCUT2D eigenvalue weighted by Gasteiger charge is 2.24. The number of carbonyl (C=O) groups is 1. The number of benzene rings is 2. The first-order chi connectivity index (χ1) is 15.6. The molecule has 1 N–H and O–H groups in total. The summed E-state index contributed by atoms with van der Waals surface area (Å²) < 4.78 is 14.3. The molecule has 0 saturated heterocycles. The largest absolute Gasteiger partial charge is 0.493 e. The molecule has 5 rings (SSSR count). The van der Waals surface area contributed by atoms with Crippen LogP contribution in [0.2, 0.25) is 0 Å². The number of aromatic nitrogens is 3. The van der Waals surface area contributed by atoms with Crippen molar-refractivity contribution >= 4 is 39.6 Å². The van der Waals surface area contributed by atoms with Gasteiger partial charge in [0.2, 0.25) is 5.91 Å². The van der Waals surface area contributed by atoms with Crippen molar-refractivity contribution in [2.75, 3.05) is 20.0 Å². The van der Waals surface area contributed by atoms with E-state index >= 15 is 0 Å². The van der Waals surface area contributed by atoms with Crippen molar-refractivity contribution in [3.63, 3.8) is 0 Å². The van der Waals surface area contributed by atoms with Crippen molar-refractivity contribution in [3.05, 3.63) is 58.4 Å². The molecule has 0 aliphatic carbocycles. The maximum absolute atomic E-state index is 13.4. The zero-order valence-electron chi connectivity index (χ0n) is 17.8. The Balaban J connectivity index is 1.63. The number of thioether (sulfide) groups is 1. The van der Waals surface area contributed by atoms with Gasteiger partial charge >= 0.3 is 0 Å². The molecule has 0 atom stereocenters. The lowest BCUT2D eigenvalue weighted by molar-refractivity contribution is -0.121. The topological polar surface area (TPSA) is 87.4 Å². The first-order valence-corrected chi connectivity index (χ1v) is 11.2. The number of amides is 1. The number of hydrogen-bond acceptors (Lipinski definition) is 6. The fourth-order valence-electron chi connectivity index (χ4n) is 4.05. The Hall–Kier alpha value is -3.46. The third-order valence-corrected chi connectivity index (χ3v) is 6.56. The molecule has 2 aromatic carbocycles. The van der Waals surface area contributed by atoms with Crippen LogP contribution >= 0.6 is 11.8 Å². The van der Waals surface area contributed by atoms with Gasteiger partial charge in [-0.25, -0.2) is 4.98 Å². The summed E-state index contributed by atoms with van der Waals surface area (Å²) in [6, 6.07) is 13.3. The minimum Gasteiger partial charge on any atom is -0.493 e. The molecule has 0 spiro atoms. The Labute approximate surface area is 188 Å². The van der Waals surface area contributed by atoms with E-state index in [0.29, 0.717) is 46.3 Å². The maximum Gasteiger partial charge on any atom is 0.278 e. The van der Waals surface area contributed by atoms with Crippen LogP contribution in [0.3, 0.4) is 0 Å². The van der Waals surface area contributed by atoms with E-state index in [2.05, 4.69) is 5.32 Å². The third-order valence-electron chi connectivity index (χ3n) is 5.61. The molecular weight excluding hydrogens is 428 g/mol. The van der Waals surface area contributed by atoms with Gasteiger partial charge in [-0.3, -0.25) is 14.2 Å². The Kier molecular flexibility index (Phi) is 5.26. The van der Waals surface area contributed by atoms with Gasteiger partial charge in [-0.1, -0.05) is 42.1 Å². The van der Waals surface area contributed by atoms with Crippen LogP contribution in [0.5, 0.6) is 11.5 Å². The average molecular weight is 451 g/mol. The molecule has 0 radical (unpaired) electrons. The second kappa shape index (κ2) is 8.23. The van der Waals surface area contributed by atoms with E-state index < -0.39 is 0 Å². The highest BCUT2D eigenvalue weighted by Crippen LogP contribution is 2.37. The second-order valence-corrected chi connectivity index (χ2v) is 8.53. The van der Waals surface area contributed by atoms with E-state index in [1.807, 2.05) is 36.4 Å². The lowest BCUT2D eigenvalue weighted by Crippen LogP contribution is -2.29. The number of methoxy groups -OCH3 is 2. The molecule has 1 aliphatic rings. The summed E-state index contributed by atoms with van der Waals surface area (Å²) in [5.74, 6) is 1.68. The summed E-state index contributed by atoms with van der Waals surface area (Å²) in [6.07, 6.45) is 0. The van der Waals surface area contributed by atoms with Crippen molar-refractivity contribution in [2.45, 2.75) is 24.8 Å². The SMILES string of the molecule is COc1cc2c3nc4n(c(=O)c3n(CC(=O)NCc3ccccc3)c2cc1OC)CCS4. The molecule has 2 aromatic heterocycles. The maximum atomic E-state index is 13.4. The average Bonchev–Trinajstić information content (AvgIpc) is 3.41. The predicted molar refractivity (Wildman–Crippen MR) is 124 cm³/mol. The van der Waals surface area contributed by atoms with Gasteiger partial charge in [-0.2, -0.15) is 0 Å². The summed E-state index contributed by atoms with van der Waals surface area (Å²) in [4.78, 5) is 31.0. The van der Waals surface area contributed by atoms with Crippen molar-refractivity contribution < 1.29 is 14.3 Å². The van der Waals surface area contributed by atoms with Gasteiger partial charge in [0.1, 0.15) is 17.6 Å². The molecule has 4 aromatic rings. The molecule has 9 heteroatoms. The van der Waals surface area contributed by atoms with E-state index in [0.717, 1.165) is 16.7 Å². The van der Waals surface area contributed by atoms with Crippen molar-refractivity contribution in [1.82, 2.24) is 19.4 Å². The quantitative estimate of drug-likeness (QED) is 0.455. The molecule has 164 valence electrons. The normalized spacial score (nSPS) is 12.8. The Bertz CT molecular complexity index is 1390. The standard InChI is InChI=1S/C23H22N4O4S/c1-30-17-10-15-16(11-18(17)31-2)27(13-19(28)24-12-14-6-4-3-5-7-14)21-20(15)25-23-26(22(21)29)8-9-32-23/h3-7,10-11H,8-9,12-13H2,1-2H3,(H,24,28). The van der Waals surface area contributed by atoms with Crippen LogP contribution in [0.15, 0.2) is 52.4 Å². The molecule has 0 bridgehead atoms. The summed E-state index contributed by atoms with van der Waals surface area (Å²) in [5.41, 5.74) is 2.55. The van der Waals surface area contributed by atoms with E-state index in [9.17, 15) is 9.59 Å². The smallest absolute Gasteiger partial charge is 0.278 e. The third kappa shape index (κ3) is 3.38. The highest BCUT2D eigenvalue weighted by molar-refractivity contribution is 7.99. The van der Waals surface area contributed by atoms with Crippen LogP contribution < -0.4 is 20.3 Å². The minimum atomic E-state index is -0.193. The number of carbonyl (C=O) groups excluding carboxylic acids is 1. The molecule has 8 nitrogen and oxygen atoms in total. The summed E-state index contributed by atoms with van der Waals surface area (Å²) in [7, 11) is 3.12. The Morgan fingerprint density at radius 1 is 1.16 bits per heavy atom. The fourth-order valence-corrected chi connectivity index (χ4v) is 5.00. The fraction of sp³-hybridized carbons (Fsp3) is 0.261. The Morgan fingerprint density at radius 3 is 2.66 bits per heavy atom. The zero-order chi connectivity index (χ0) is 22.2. The van der Waals surface area contributed by atoms with Gasteiger partial charge in [0.25, 0.3) is 5.56 Å². The molecule has 1 aliphatic heterocycles. The van der Waals surface area contributed by atoms with E-state index in [1.165, 1.54) is 0 Å². The van der Waals surface area contributed by atoms with Crippen LogP contribution in [0.1, 0.15) is 5.56 Å². The molecular formula is C23H22N4O4S. The van der Waals surface area contributed by atoms with Crippen LogP contribution in [0.25, 0.3) is 21.9 Å². The van der Waals surface area contributed by atoms with Crippen LogP contribution in [-0.2, 0) is 24.4 Å². The summed E-state index contributed by atoms with van der Waals surface area (Å²) in [6.45, 7) is 1.01. The first-order valence-electron chi connectivity index (χ1n) is 10.2. The number of nitrogens with one attached hydrogen (secondary N) is 1. The number of rotatable bonds is 6. The zero-order valence-corrected chi connectivity index (χ0v) is 18.6. The van der Waals surface area contributed by atoms with Gasteiger partial charge in [0.05, 0.1) is 19.7 Å². The minimum absolute atomic E-state index is 0.00821. The molecule has 3 heterocycles. The van der Waals surface area contributed by atoms with Crippen LogP contribution in [0.4, 0.5) is 0 Å². The molecule has 1 amide bonds. The predicted octanol–water partition coefficient (Wildman–Crippen LogP) is 2.79. The van der Waals surface area contributed by atoms with E-state index in [4.69, 9.17) is 14.5 Å². The van der Waals surface area contributed by atoms with E-state index in [-0.39, 0.29) is 18.0 Å². The number of ether oxygens (including phenoxy) is 2. The molecule has 0 saturated carbocycles. The highest BCUT2D eigenvalue weighted by atomic mass is 32.2. The molecule has 0 unspecified atom stereocenters. The lowest BCUT2D eigenvalue weighted by Gasteiger charge is -2.11.